The number of alkyl carbamates (subject to hydrolysis) is 1. The van der Waals surface area contributed by atoms with Gasteiger partial charge in [0.1, 0.15) is 48.6 Å². The maximum Gasteiger partial charge on any atom is 0.410 e. The number of hydrogen-bond acceptors (Lipinski definition) is 9. The van der Waals surface area contributed by atoms with E-state index in [4.69, 9.17) is 28.4 Å². The summed E-state index contributed by atoms with van der Waals surface area (Å²) in [6.45, 7) is 27.9. The van der Waals surface area contributed by atoms with E-state index >= 15 is 0 Å². The molecule has 1 aromatic carbocycles. The molecular formula is C41H63F2N3O9. The molecule has 0 radical (unpaired) electrons. The highest BCUT2D eigenvalue weighted by atomic mass is 19.1. The number of allylic oxidation sites excluding steroid dienone is 3. The van der Waals surface area contributed by atoms with Crippen LogP contribution in [-0.4, -0.2) is 111 Å². The standard InChI is InChI=1S/C21H29FN2O5.C20H32FNO4.H2/c1-4-20(25)24-9-7-17(24)14-29-21(26)23-8-10-27-11-12-28-19-13-16(22)5-6-18(19)15(2)3;1-8-14(2)16(4)18(11-15(3)21)25-10-9-24-17-12-22(13-17)19(23)26-20(5,6)7;/h4-6,13,15,17H,1,7-12,14H2,2-3H3,(H,23,26);11,14,17H,3-4,8-10,12-13H2,1-2,5-7H3;1H/b;18-11+;. The Morgan fingerprint density at radius 3 is 2.35 bits per heavy atom. The normalized spacial score (nSPS) is 16.1. The number of likely N-dealkylation sites (tertiary alicyclic amines) is 2. The maximum atomic E-state index is 13.4. The molecule has 2 unspecified atom stereocenters. The van der Waals surface area contributed by atoms with Gasteiger partial charge in [-0.15, -0.1) is 0 Å². The van der Waals surface area contributed by atoms with E-state index in [1.54, 1.807) is 15.9 Å². The molecule has 55 heavy (non-hydrogen) atoms. The Labute approximate surface area is 326 Å². The molecule has 12 nitrogen and oxygen atoms in total. The molecule has 14 heteroatoms. The summed E-state index contributed by atoms with van der Waals surface area (Å²) in [6, 6.07) is 4.43. The van der Waals surface area contributed by atoms with Crippen molar-refractivity contribution in [1.29, 1.82) is 0 Å². The van der Waals surface area contributed by atoms with Crippen molar-refractivity contribution in [2.24, 2.45) is 5.92 Å². The molecular weight excluding hydrogens is 716 g/mol. The Balaban J connectivity index is 0.000000554. The van der Waals surface area contributed by atoms with E-state index in [-0.39, 0.29) is 69.6 Å². The predicted octanol–water partition coefficient (Wildman–Crippen LogP) is 7.71. The van der Waals surface area contributed by atoms with Gasteiger partial charge in [0.2, 0.25) is 5.91 Å². The number of benzene rings is 1. The summed E-state index contributed by atoms with van der Waals surface area (Å²) >= 11 is 0. The van der Waals surface area contributed by atoms with Crippen molar-refractivity contribution < 1.29 is 53.0 Å². The van der Waals surface area contributed by atoms with Crippen LogP contribution in [0, 0.1) is 11.7 Å². The molecule has 0 aliphatic carbocycles. The first kappa shape index (κ1) is 46.7. The zero-order valence-electron chi connectivity index (χ0n) is 33.6. The van der Waals surface area contributed by atoms with Crippen molar-refractivity contribution in [3.05, 3.63) is 78.6 Å². The third kappa shape index (κ3) is 17.3. The molecule has 0 bridgehead atoms. The van der Waals surface area contributed by atoms with Crippen molar-refractivity contribution in [2.75, 3.05) is 65.8 Å². The fourth-order valence-corrected chi connectivity index (χ4v) is 5.14. The van der Waals surface area contributed by atoms with Gasteiger partial charge in [0, 0.05) is 26.7 Å². The minimum atomic E-state index is -0.572. The van der Waals surface area contributed by atoms with Crippen LogP contribution in [0.5, 0.6) is 5.75 Å². The maximum absolute atomic E-state index is 13.4. The molecule has 2 aliphatic heterocycles. The molecule has 2 heterocycles. The molecule has 0 aromatic heterocycles. The first-order valence-electron chi connectivity index (χ1n) is 18.8. The second-order valence-corrected chi connectivity index (χ2v) is 14.5. The van der Waals surface area contributed by atoms with Crippen LogP contribution in [0.4, 0.5) is 18.4 Å². The van der Waals surface area contributed by atoms with Gasteiger partial charge in [0.15, 0.2) is 0 Å². The second kappa shape index (κ2) is 23.5. The van der Waals surface area contributed by atoms with E-state index in [0.29, 0.717) is 51.0 Å². The average molecular weight is 780 g/mol. The van der Waals surface area contributed by atoms with Crippen LogP contribution in [0.15, 0.2) is 67.2 Å². The lowest BCUT2D eigenvalue weighted by Gasteiger charge is -2.39. The average Bonchev–Trinajstić information content (AvgIpc) is 3.07. The second-order valence-electron chi connectivity index (χ2n) is 14.5. The molecule has 1 aromatic rings. The van der Waals surface area contributed by atoms with Gasteiger partial charge < -0.3 is 43.5 Å². The van der Waals surface area contributed by atoms with Crippen LogP contribution >= 0.6 is 0 Å². The Hall–Kier alpha value is -4.43. The highest BCUT2D eigenvalue weighted by Crippen LogP contribution is 2.27. The summed E-state index contributed by atoms with van der Waals surface area (Å²) in [5.41, 5.74) is 1.18. The fraction of sp³-hybridized carbons (Fsp3) is 0.585. The van der Waals surface area contributed by atoms with Crippen LogP contribution < -0.4 is 10.1 Å². The fourth-order valence-electron chi connectivity index (χ4n) is 5.14. The number of halogens is 2. The smallest absolute Gasteiger partial charge is 0.410 e. The van der Waals surface area contributed by atoms with Gasteiger partial charge in [0.25, 0.3) is 0 Å². The molecule has 310 valence electrons. The van der Waals surface area contributed by atoms with E-state index in [9.17, 15) is 23.2 Å². The number of nitrogens with zero attached hydrogens (tertiary/aromatic N) is 2. The number of ether oxygens (including phenoxy) is 6. The van der Waals surface area contributed by atoms with Crippen LogP contribution in [0.2, 0.25) is 0 Å². The number of nitrogens with one attached hydrogen (secondary N) is 1. The van der Waals surface area contributed by atoms with Gasteiger partial charge in [-0.2, -0.15) is 0 Å². The highest BCUT2D eigenvalue weighted by molar-refractivity contribution is 5.87. The Morgan fingerprint density at radius 2 is 1.76 bits per heavy atom. The van der Waals surface area contributed by atoms with Gasteiger partial charge >= 0.3 is 12.2 Å². The summed E-state index contributed by atoms with van der Waals surface area (Å²) in [7, 11) is 0. The lowest BCUT2D eigenvalue weighted by atomic mass is 9.98. The molecule has 2 aliphatic rings. The van der Waals surface area contributed by atoms with Crippen molar-refractivity contribution >= 4 is 18.1 Å². The van der Waals surface area contributed by atoms with Gasteiger partial charge in [0.05, 0.1) is 45.1 Å². The van der Waals surface area contributed by atoms with Crippen molar-refractivity contribution in [3.8, 4) is 5.75 Å². The van der Waals surface area contributed by atoms with E-state index in [1.807, 2.05) is 48.5 Å². The molecule has 0 saturated carbocycles. The highest BCUT2D eigenvalue weighted by Gasteiger charge is 2.34. The Kier molecular flexibility index (Phi) is 19.9. The van der Waals surface area contributed by atoms with Crippen LogP contribution in [0.1, 0.15) is 74.2 Å². The van der Waals surface area contributed by atoms with E-state index < -0.39 is 17.5 Å². The van der Waals surface area contributed by atoms with Crippen LogP contribution in [0.3, 0.4) is 0 Å². The van der Waals surface area contributed by atoms with Gasteiger partial charge in [-0.25, -0.2) is 18.4 Å². The zero-order chi connectivity index (χ0) is 41.1. The molecule has 2 fully saturated rings. The molecule has 2 atom stereocenters. The Morgan fingerprint density at radius 1 is 1.05 bits per heavy atom. The van der Waals surface area contributed by atoms with Crippen molar-refractivity contribution in [1.82, 2.24) is 15.1 Å². The van der Waals surface area contributed by atoms with Gasteiger partial charge in [-0.1, -0.05) is 53.5 Å². The topological polar surface area (TPSA) is 125 Å². The lowest BCUT2D eigenvalue weighted by molar-refractivity contribution is -0.134. The monoisotopic (exact) mass is 779 g/mol. The summed E-state index contributed by atoms with van der Waals surface area (Å²) in [5, 5.41) is 2.58. The van der Waals surface area contributed by atoms with E-state index in [0.717, 1.165) is 24.0 Å². The van der Waals surface area contributed by atoms with Crippen LogP contribution in [-0.2, 0) is 28.5 Å². The predicted molar refractivity (Wildman–Crippen MR) is 209 cm³/mol. The number of amides is 3. The van der Waals surface area contributed by atoms with Gasteiger partial charge in [-0.05, 0) is 68.7 Å². The third-order valence-corrected chi connectivity index (χ3v) is 8.61. The number of hydrogen-bond donors (Lipinski definition) is 1. The van der Waals surface area contributed by atoms with E-state index in [2.05, 4.69) is 25.1 Å². The molecule has 0 spiro atoms. The van der Waals surface area contributed by atoms with Crippen LogP contribution in [0.25, 0.3) is 0 Å². The summed E-state index contributed by atoms with van der Waals surface area (Å²) in [6.07, 6.45) is 3.28. The first-order chi connectivity index (χ1) is 25.9. The number of carbonyl (C=O) groups excluding carboxylic acids is 3. The molecule has 1 N–H and O–H groups in total. The summed E-state index contributed by atoms with van der Waals surface area (Å²) in [5.74, 6) is 0.271. The summed E-state index contributed by atoms with van der Waals surface area (Å²) in [4.78, 5) is 38.2. The molecule has 3 amide bonds. The minimum Gasteiger partial charge on any atom is -0.491 e. The number of rotatable bonds is 20. The number of carbonyl (C=O) groups is 3. The lowest BCUT2D eigenvalue weighted by Crippen LogP contribution is -2.56. The van der Waals surface area contributed by atoms with Crippen molar-refractivity contribution in [3.63, 3.8) is 0 Å². The minimum absolute atomic E-state index is 0. The third-order valence-electron chi connectivity index (χ3n) is 8.61. The zero-order valence-corrected chi connectivity index (χ0v) is 33.6. The SMILES string of the molecule is C=C(F)/C=C(/OCCOC1CN(C(=O)OC(C)(C)C)C1)C(=C)C(C)CC.C=CC(=O)N1CCC1COC(=O)NCCOCCOc1cc(F)ccc1C(C)C.[HH]. The molecule has 3 rings (SSSR count). The quantitative estimate of drug-likeness (QED) is 0.0613. The Bertz CT molecular complexity index is 1480. The van der Waals surface area contributed by atoms with Crippen molar-refractivity contribution in [2.45, 2.75) is 85.0 Å². The summed E-state index contributed by atoms with van der Waals surface area (Å²) < 4.78 is 59.2. The van der Waals surface area contributed by atoms with Gasteiger partial charge in [-0.3, -0.25) is 4.79 Å². The molecule has 2 saturated heterocycles. The first-order valence-corrected chi connectivity index (χ1v) is 18.8. The van der Waals surface area contributed by atoms with E-state index in [1.165, 1.54) is 24.3 Å². The largest absolute Gasteiger partial charge is 0.491 e.